The zero-order valence-electron chi connectivity index (χ0n) is 16.4. The van der Waals surface area contributed by atoms with Crippen molar-refractivity contribution in [2.45, 2.75) is 120 Å². The molecule has 0 radical (unpaired) electrons. The van der Waals surface area contributed by atoms with Crippen LogP contribution < -0.4 is 0 Å². The summed E-state index contributed by atoms with van der Waals surface area (Å²) in [6.07, 6.45) is 23.6. The Hall–Kier alpha value is -0.310. The lowest BCUT2D eigenvalue weighted by Gasteiger charge is -2.44. The Morgan fingerprint density at radius 1 is 0.615 bits per heavy atom. The van der Waals surface area contributed by atoms with E-state index in [1.807, 2.05) is 0 Å². The first-order chi connectivity index (χ1) is 11.2. The highest BCUT2D eigenvalue weighted by atomic mass is 31.1. The number of halogens is 3. The fraction of sp³-hybridized carbons (Fsp3) is 0.950. The molecule has 3 fully saturated rings. The summed E-state index contributed by atoms with van der Waals surface area (Å²) in [5, 5.41) is 7.42. The van der Waals surface area contributed by atoms with Crippen molar-refractivity contribution < 1.29 is 24.0 Å². The van der Waals surface area contributed by atoms with E-state index in [2.05, 4.69) is 0 Å². The van der Waals surface area contributed by atoms with Gasteiger partial charge in [0.05, 0.1) is 0 Å². The molecule has 0 spiro atoms. The van der Waals surface area contributed by atoms with Crippen LogP contribution in [-0.2, 0) is 4.79 Å². The van der Waals surface area contributed by atoms with Crippen molar-refractivity contribution in [2.75, 3.05) is 0 Å². The molecule has 3 saturated carbocycles. The lowest BCUT2D eigenvalue weighted by molar-refractivity contribution is -0.134. The van der Waals surface area contributed by atoms with Crippen LogP contribution in [0, 0.1) is 0 Å². The summed E-state index contributed by atoms with van der Waals surface area (Å²) < 4.78 is 0. The van der Waals surface area contributed by atoms with Gasteiger partial charge in [-0.05, 0) is 55.5 Å². The Labute approximate surface area is 158 Å². The number of carboxylic acid groups (broad SMARTS) is 1. The summed E-state index contributed by atoms with van der Waals surface area (Å²) in [5.74, 6) is -0.833. The van der Waals surface area contributed by atoms with Gasteiger partial charge in [0.1, 0.15) is 0 Å². The van der Waals surface area contributed by atoms with Crippen molar-refractivity contribution in [2.24, 2.45) is 0 Å². The van der Waals surface area contributed by atoms with E-state index in [4.69, 9.17) is 9.90 Å². The van der Waals surface area contributed by atoms with Gasteiger partial charge in [-0.15, -0.1) is 0 Å². The predicted molar refractivity (Wildman–Crippen MR) is 108 cm³/mol. The molecule has 0 amide bonds. The summed E-state index contributed by atoms with van der Waals surface area (Å²) in [5.41, 5.74) is 3.57. The van der Waals surface area contributed by atoms with E-state index >= 15 is 0 Å². The smallest absolute Gasteiger partial charge is 0.300 e. The Kier molecular flexibility index (Phi) is 16.9. The lowest BCUT2D eigenvalue weighted by Crippen LogP contribution is -2.28. The van der Waals surface area contributed by atoms with Crippen LogP contribution in [-0.4, -0.2) is 28.1 Å². The normalized spacial score (nSPS) is 22.1. The van der Waals surface area contributed by atoms with Crippen LogP contribution in [0.15, 0.2) is 0 Å². The third kappa shape index (κ3) is 9.58. The lowest BCUT2D eigenvalue weighted by atomic mass is 9.99. The molecule has 2 nitrogen and oxygen atoms in total. The molecule has 0 atom stereocenters. The molecule has 3 rings (SSSR count). The minimum Gasteiger partial charge on any atom is -0.481 e. The van der Waals surface area contributed by atoms with Gasteiger partial charge in [0.25, 0.3) is 5.97 Å². The van der Waals surface area contributed by atoms with Gasteiger partial charge in [0, 0.05) is 6.92 Å². The highest BCUT2D eigenvalue weighted by molar-refractivity contribution is 7.60. The van der Waals surface area contributed by atoms with Gasteiger partial charge in [-0.25, -0.2) is 0 Å². The standard InChI is InChI=1S/C18H33P.C2H4O2.3FH/c1-4-10-16(11-5-1)19(17-12-6-2-7-13-17)18-14-8-3-9-15-18;1-2(3)4;;;/h16-18H,1-15H2;1H3,(H,3,4);3*1H. The van der Waals surface area contributed by atoms with Crippen molar-refractivity contribution in [1.82, 2.24) is 0 Å². The largest absolute Gasteiger partial charge is 0.481 e. The quantitative estimate of drug-likeness (QED) is 0.517. The Bertz CT molecular complexity index is 293. The number of aliphatic carboxylic acids is 1. The number of hydrogen-bond donors (Lipinski definition) is 1. The second kappa shape index (κ2) is 15.7. The van der Waals surface area contributed by atoms with Crippen molar-refractivity contribution in [3.63, 3.8) is 0 Å². The van der Waals surface area contributed by atoms with Gasteiger partial charge in [-0.2, -0.15) is 0 Å². The average molecular weight is 401 g/mol. The first kappa shape index (κ1) is 27.9. The Balaban J connectivity index is 0. The molecule has 3 aliphatic carbocycles. The maximum Gasteiger partial charge on any atom is 0.300 e. The van der Waals surface area contributed by atoms with Gasteiger partial charge in [0.15, 0.2) is 0 Å². The zero-order valence-corrected chi connectivity index (χ0v) is 17.3. The maximum absolute atomic E-state index is 9.00. The molecular weight excluding hydrogens is 360 g/mol. The number of carboxylic acids is 1. The minimum atomic E-state index is -0.833. The number of carbonyl (C=O) groups is 1. The first-order valence-electron chi connectivity index (χ1n) is 10.2. The minimum absolute atomic E-state index is 0. The fourth-order valence-corrected chi connectivity index (χ4v) is 9.71. The number of hydrogen-bond acceptors (Lipinski definition) is 1. The van der Waals surface area contributed by atoms with E-state index in [-0.39, 0.29) is 14.1 Å². The molecular formula is C20H40F3O2P. The molecule has 6 heteroatoms. The van der Waals surface area contributed by atoms with Crippen LogP contribution >= 0.6 is 7.92 Å². The van der Waals surface area contributed by atoms with Crippen molar-refractivity contribution in [3.8, 4) is 0 Å². The molecule has 158 valence electrons. The van der Waals surface area contributed by atoms with Crippen molar-refractivity contribution in [1.29, 1.82) is 0 Å². The van der Waals surface area contributed by atoms with Gasteiger partial charge >= 0.3 is 0 Å². The van der Waals surface area contributed by atoms with E-state index in [1.165, 1.54) is 36.2 Å². The second-order valence-electron chi connectivity index (χ2n) is 7.84. The second-order valence-corrected chi connectivity index (χ2v) is 10.9. The van der Waals surface area contributed by atoms with Crippen molar-refractivity contribution in [3.05, 3.63) is 0 Å². The Morgan fingerprint density at radius 2 is 0.808 bits per heavy atom. The van der Waals surface area contributed by atoms with Gasteiger partial charge < -0.3 is 5.11 Å². The van der Waals surface area contributed by atoms with Crippen LogP contribution in [0.1, 0.15) is 103 Å². The van der Waals surface area contributed by atoms with E-state index in [1.54, 1.807) is 77.0 Å². The third-order valence-electron chi connectivity index (χ3n) is 5.99. The molecule has 0 aromatic carbocycles. The van der Waals surface area contributed by atoms with E-state index in [0.29, 0.717) is 7.92 Å². The average Bonchev–Trinajstić information content (AvgIpc) is 2.58. The predicted octanol–water partition coefficient (Wildman–Crippen LogP) is 7.01. The van der Waals surface area contributed by atoms with Gasteiger partial charge in [-0.3, -0.25) is 18.9 Å². The molecule has 0 bridgehead atoms. The highest BCUT2D eigenvalue weighted by Crippen LogP contribution is 2.61. The Morgan fingerprint density at radius 3 is 1.00 bits per heavy atom. The summed E-state index contributed by atoms with van der Waals surface area (Å²) in [6, 6.07) is 0. The summed E-state index contributed by atoms with van der Waals surface area (Å²) in [4.78, 5) is 9.00. The molecule has 0 aromatic heterocycles. The van der Waals surface area contributed by atoms with E-state index < -0.39 is 5.97 Å². The van der Waals surface area contributed by atoms with Crippen LogP contribution in [0.3, 0.4) is 0 Å². The number of rotatable bonds is 3. The first-order valence-corrected chi connectivity index (χ1v) is 11.7. The SMILES string of the molecule is C1CCC(P(C2CCCCC2)C2CCCCC2)CC1.CC(=O)O.F.F.F. The third-order valence-corrected chi connectivity index (χ3v) is 10.1. The zero-order chi connectivity index (χ0) is 16.5. The monoisotopic (exact) mass is 400 g/mol. The summed E-state index contributed by atoms with van der Waals surface area (Å²) >= 11 is 0. The fourth-order valence-electron chi connectivity index (χ4n) is 5.03. The topological polar surface area (TPSA) is 37.3 Å². The summed E-state index contributed by atoms with van der Waals surface area (Å²) in [7, 11) is 0.385. The van der Waals surface area contributed by atoms with Crippen LogP contribution in [0.2, 0.25) is 0 Å². The molecule has 0 saturated heterocycles. The van der Waals surface area contributed by atoms with Gasteiger partial charge in [0.2, 0.25) is 0 Å². The van der Waals surface area contributed by atoms with Crippen LogP contribution in [0.4, 0.5) is 14.1 Å². The molecule has 0 heterocycles. The van der Waals surface area contributed by atoms with Crippen LogP contribution in [0.25, 0.3) is 0 Å². The molecule has 1 N–H and O–H groups in total. The molecule has 0 aliphatic heterocycles. The van der Waals surface area contributed by atoms with Crippen molar-refractivity contribution >= 4 is 13.9 Å². The van der Waals surface area contributed by atoms with Gasteiger partial charge in [-0.1, -0.05) is 65.7 Å². The van der Waals surface area contributed by atoms with E-state index in [0.717, 1.165) is 6.92 Å². The molecule has 26 heavy (non-hydrogen) atoms. The molecule has 3 aliphatic rings. The molecule has 0 unspecified atom stereocenters. The van der Waals surface area contributed by atoms with Crippen LogP contribution in [0.5, 0.6) is 0 Å². The highest BCUT2D eigenvalue weighted by Gasteiger charge is 2.36. The van der Waals surface area contributed by atoms with E-state index in [9.17, 15) is 0 Å². The maximum atomic E-state index is 9.00. The molecule has 0 aromatic rings. The summed E-state index contributed by atoms with van der Waals surface area (Å²) in [6.45, 7) is 1.08.